The zero-order valence-electron chi connectivity index (χ0n) is 11.6. The topological polar surface area (TPSA) is 38.3 Å². The summed E-state index contributed by atoms with van der Waals surface area (Å²) in [5.74, 6) is 2.32. The largest absolute Gasteiger partial charge is 0.435 e. The average Bonchev–Trinajstić information content (AvgIpc) is 2.49. The van der Waals surface area contributed by atoms with E-state index in [1.807, 2.05) is 0 Å². The van der Waals surface area contributed by atoms with Gasteiger partial charge < -0.3 is 10.1 Å². The number of terminal acetylenes is 1. The van der Waals surface area contributed by atoms with Gasteiger partial charge in [0.25, 0.3) is 0 Å². The predicted octanol–water partition coefficient (Wildman–Crippen LogP) is 3.45. The van der Waals surface area contributed by atoms with Gasteiger partial charge in [0.05, 0.1) is 6.42 Å². The van der Waals surface area contributed by atoms with Crippen LogP contribution in [0, 0.1) is 12.3 Å². The Kier molecular flexibility index (Phi) is 5.10. The zero-order chi connectivity index (χ0) is 15.9. The van der Waals surface area contributed by atoms with Crippen molar-refractivity contribution in [1.29, 1.82) is 0 Å². The third kappa shape index (κ3) is 4.60. The fraction of sp³-hybridized carbons (Fsp3) is 0.118. The van der Waals surface area contributed by atoms with E-state index in [4.69, 9.17) is 6.42 Å². The van der Waals surface area contributed by atoms with Crippen molar-refractivity contribution in [2.75, 3.05) is 5.32 Å². The van der Waals surface area contributed by atoms with E-state index in [2.05, 4.69) is 16.0 Å². The molecule has 112 valence electrons. The lowest BCUT2D eigenvalue weighted by molar-refractivity contribution is -0.115. The molecule has 2 rings (SSSR count). The maximum absolute atomic E-state index is 12.0. The molecule has 0 aliphatic carbocycles. The molecule has 0 spiro atoms. The highest BCUT2D eigenvalue weighted by Crippen LogP contribution is 2.16. The van der Waals surface area contributed by atoms with Gasteiger partial charge in [0.1, 0.15) is 5.75 Å². The molecule has 0 atom stereocenters. The third-order valence-corrected chi connectivity index (χ3v) is 2.83. The van der Waals surface area contributed by atoms with Crippen LogP contribution in [0.5, 0.6) is 5.75 Å². The number of carbonyl (C=O) groups is 1. The van der Waals surface area contributed by atoms with Gasteiger partial charge in [0, 0.05) is 11.3 Å². The van der Waals surface area contributed by atoms with E-state index < -0.39 is 6.61 Å². The molecule has 2 aromatic rings. The maximum Gasteiger partial charge on any atom is 0.387 e. The van der Waals surface area contributed by atoms with Gasteiger partial charge in [-0.2, -0.15) is 8.78 Å². The molecular weight excluding hydrogens is 288 g/mol. The van der Waals surface area contributed by atoms with Crippen LogP contribution in [0.3, 0.4) is 0 Å². The normalized spacial score (nSPS) is 10.1. The van der Waals surface area contributed by atoms with Crippen molar-refractivity contribution in [3.63, 3.8) is 0 Å². The molecule has 0 aromatic heterocycles. The Morgan fingerprint density at radius 2 is 1.95 bits per heavy atom. The first-order chi connectivity index (χ1) is 10.6. The number of carbonyl (C=O) groups excluding carboxylic acids is 1. The van der Waals surface area contributed by atoms with Crippen molar-refractivity contribution in [3.05, 3.63) is 59.7 Å². The molecule has 0 heterocycles. The van der Waals surface area contributed by atoms with Crippen molar-refractivity contribution in [1.82, 2.24) is 0 Å². The second kappa shape index (κ2) is 7.23. The third-order valence-electron chi connectivity index (χ3n) is 2.83. The van der Waals surface area contributed by atoms with Gasteiger partial charge in [-0.05, 0) is 35.9 Å². The lowest BCUT2D eigenvalue weighted by atomic mass is 10.1. The van der Waals surface area contributed by atoms with Crippen LogP contribution >= 0.6 is 0 Å². The van der Waals surface area contributed by atoms with E-state index >= 15 is 0 Å². The van der Waals surface area contributed by atoms with Gasteiger partial charge in [-0.3, -0.25) is 4.79 Å². The lowest BCUT2D eigenvalue weighted by Gasteiger charge is -2.07. The number of benzene rings is 2. The number of rotatable bonds is 5. The Morgan fingerprint density at radius 3 is 2.59 bits per heavy atom. The second-order valence-corrected chi connectivity index (χ2v) is 4.47. The molecule has 0 radical (unpaired) electrons. The first-order valence-electron chi connectivity index (χ1n) is 6.47. The number of amides is 1. The SMILES string of the molecule is C#Cc1cccc(NC(=O)Cc2ccc(OC(F)F)cc2)c1. The fourth-order valence-corrected chi connectivity index (χ4v) is 1.87. The number of alkyl halides is 2. The monoisotopic (exact) mass is 301 g/mol. The van der Waals surface area contributed by atoms with Crippen molar-refractivity contribution in [2.45, 2.75) is 13.0 Å². The number of anilines is 1. The van der Waals surface area contributed by atoms with Gasteiger partial charge in [-0.25, -0.2) is 0 Å². The summed E-state index contributed by atoms with van der Waals surface area (Å²) in [5.41, 5.74) is 1.97. The van der Waals surface area contributed by atoms with Crippen LogP contribution in [0.2, 0.25) is 0 Å². The Hall–Kier alpha value is -2.87. The first-order valence-corrected chi connectivity index (χ1v) is 6.47. The van der Waals surface area contributed by atoms with Gasteiger partial charge in [0.15, 0.2) is 0 Å². The Bertz CT molecular complexity index is 691. The van der Waals surface area contributed by atoms with Gasteiger partial charge >= 0.3 is 6.61 Å². The van der Waals surface area contributed by atoms with E-state index in [-0.39, 0.29) is 18.1 Å². The Labute approximate surface area is 126 Å². The smallest absolute Gasteiger partial charge is 0.387 e. The molecule has 0 aliphatic rings. The molecule has 0 saturated heterocycles. The molecule has 0 unspecified atom stereocenters. The van der Waals surface area contributed by atoms with Crippen molar-refractivity contribution in [3.8, 4) is 18.1 Å². The molecular formula is C17H13F2NO2. The van der Waals surface area contributed by atoms with Gasteiger partial charge in [-0.1, -0.05) is 24.1 Å². The molecule has 2 aromatic carbocycles. The summed E-state index contributed by atoms with van der Waals surface area (Å²) in [4.78, 5) is 11.9. The van der Waals surface area contributed by atoms with Crippen molar-refractivity contribution < 1.29 is 18.3 Å². The van der Waals surface area contributed by atoms with E-state index in [1.54, 1.807) is 36.4 Å². The fourth-order valence-electron chi connectivity index (χ4n) is 1.87. The number of ether oxygens (including phenoxy) is 1. The minimum atomic E-state index is -2.86. The Balaban J connectivity index is 1.95. The van der Waals surface area contributed by atoms with Gasteiger partial charge in [0.2, 0.25) is 5.91 Å². The van der Waals surface area contributed by atoms with Crippen LogP contribution < -0.4 is 10.1 Å². The standard InChI is InChI=1S/C17H13F2NO2/c1-2-12-4-3-5-14(10-12)20-16(21)11-13-6-8-15(9-7-13)22-17(18)19/h1,3-10,17H,11H2,(H,20,21). The number of hydrogen-bond donors (Lipinski definition) is 1. The summed E-state index contributed by atoms with van der Waals surface area (Å²) in [6.45, 7) is -2.86. The first kappa shape index (κ1) is 15.5. The second-order valence-electron chi connectivity index (χ2n) is 4.47. The summed E-state index contributed by atoms with van der Waals surface area (Å²) in [7, 11) is 0. The van der Waals surface area contributed by atoms with Crippen LogP contribution in [0.25, 0.3) is 0 Å². The molecule has 0 bridgehead atoms. The highest BCUT2D eigenvalue weighted by Gasteiger charge is 2.07. The van der Waals surface area contributed by atoms with E-state index in [0.29, 0.717) is 16.8 Å². The van der Waals surface area contributed by atoms with Crippen LogP contribution in [-0.4, -0.2) is 12.5 Å². The molecule has 1 amide bonds. The highest BCUT2D eigenvalue weighted by atomic mass is 19.3. The summed E-state index contributed by atoms with van der Waals surface area (Å²) >= 11 is 0. The summed E-state index contributed by atoms with van der Waals surface area (Å²) in [6, 6.07) is 12.9. The molecule has 1 N–H and O–H groups in total. The number of halogens is 2. The molecule has 3 nitrogen and oxygen atoms in total. The molecule has 0 saturated carbocycles. The molecule has 5 heteroatoms. The van der Waals surface area contributed by atoms with Crippen LogP contribution in [0.1, 0.15) is 11.1 Å². The van der Waals surface area contributed by atoms with E-state index in [1.165, 1.54) is 12.1 Å². The number of nitrogens with one attached hydrogen (secondary N) is 1. The van der Waals surface area contributed by atoms with Crippen molar-refractivity contribution >= 4 is 11.6 Å². The van der Waals surface area contributed by atoms with Crippen LogP contribution in [0.15, 0.2) is 48.5 Å². The minimum Gasteiger partial charge on any atom is -0.435 e. The van der Waals surface area contributed by atoms with Gasteiger partial charge in [-0.15, -0.1) is 6.42 Å². The molecule has 22 heavy (non-hydrogen) atoms. The zero-order valence-corrected chi connectivity index (χ0v) is 11.6. The van der Waals surface area contributed by atoms with E-state index in [9.17, 15) is 13.6 Å². The maximum atomic E-state index is 12.0. The minimum absolute atomic E-state index is 0.0564. The lowest BCUT2D eigenvalue weighted by Crippen LogP contribution is -2.14. The predicted molar refractivity (Wildman–Crippen MR) is 79.8 cm³/mol. The van der Waals surface area contributed by atoms with Crippen LogP contribution in [-0.2, 0) is 11.2 Å². The summed E-state index contributed by atoms with van der Waals surface area (Å²) in [6.07, 6.45) is 5.41. The quantitative estimate of drug-likeness (QED) is 0.859. The number of hydrogen-bond acceptors (Lipinski definition) is 2. The van der Waals surface area contributed by atoms with Crippen molar-refractivity contribution in [2.24, 2.45) is 0 Å². The highest BCUT2D eigenvalue weighted by molar-refractivity contribution is 5.92. The van der Waals surface area contributed by atoms with E-state index in [0.717, 1.165) is 0 Å². The molecule has 0 aliphatic heterocycles. The summed E-state index contributed by atoms with van der Waals surface area (Å²) in [5, 5.41) is 2.73. The Morgan fingerprint density at radius 1 is 1.23 bits per heavy atom. The van der Waals surface area contributed by atoms with Crippen LogP contribution in [0.4, 0.5) is 14.5 Å². The average molecular weight is 301 g/mol. The molecule has 0 fully saturated rings. The summed E-state index contributed by atoms with van der Waals surface area (Å²) < 4.78 is 28.3.